The molecule has 0 saturated heterocycles. The summed E-state index contributed by atoms with van der Waals surface area (Å²) >= 11 is 0. The number of aromatic nitrogens is 2. The van der Waals surface area contributed by atoms with Crippen LogP contribution in [-0.2, 0) is 16.0 Å². The molecule has 0 bridgehead atoms. The lowest BCUT2D eigenvalue weighted by Gasteiger charge is -2.08. The normalized spacial score (nSPS) is 12.5. The Morgan fingerprint density at radius 2 is 1.85 bits per heavy atom. The van der Waals surface area contributed by atoms with E-state index in [9.17, 15) is 9.59 Å². The molecule has 0 fully saturated rings. The number of pyridine rings is 1. The molecule has 2 atom stereocenters. The van der Waals surface area contributed by atoms with Crippen LogP contribution in [0.3, 0.4) is 0 Å². The van der Waals surface area contributed by atoms with Crippen molar-refractivity contribution in [1.29, 1.82) is 0 Å². The van der Waals surface area contributed by atoms with Crippen molar-refractivity contribution in [2.24, 2.45) is 5.73 Å². The van der Waals surface area contributed by atoms with Gasteiger partial charge >= 0.3 is 11.9 Å². The topological polar surface area (TPSA) is 141 Å². The van der Waals surface area contributed by atoms with Gasteiger partial charge in [0.05, 0.1) is 0 Å². The van der Waals surface area contributed by atoms with Crippen LogP contribution in [0.5, 0.6) is 0 Å². The molecule has 0 saturated carbocycles. The first-order chi connectivity index (χ1) is 12.9. The third kappa shape index (κ3) is 5.82. The summed E-state index contributed by atoms with van der Waals surface area (Å²) in [6.45, 7) is 1.57. The number of H-pyrrole nitrogens is 1. The number of nitrogens with two attached hydrogens (primary N) is 1. The molecule has 27 heavy (non-hydrogen) atoms. The van der Waals surface area contributed by atoms with Crippen molar-refractivity contribution in [3.63, 3.8) is 0 Å². The van der Waals surface area contributed by atoms with E-state index < -0.39 is 24.0 Å². The summed E-state index contributed by atoms with van der Waals surface area (Å²) in [4.78, 5) is 28.1. The maximum atomic E-state index is 10.6. The van der Waals surface area contributed by atoms with Gasteiger partial charge in [-0.15, -0.1) is 0 Å². The Morgan fingerprint density at radius 3 is 2.48 bits per heavy atom. The van der Waals surface area contributed by atoms with Gasteiger partial charge < -0.3 is 26.2 Å². The van der Waals surface area contributed by atoms with Crippen LogP contribution < -0.4 is 11.1 Å². The van der Waals surface area contributed by atoms with Gasteiger partial charge in [-0.3, -0.25) is 9.59 Å². The SMILES string of the molecule is CC(Nc1ccccn1)C(=O)O.NC(Cc1c[nH]c2ccccc12)C(=O)O. The van der Waals surface area contributed by atoms with E-state index >= 15 is 0 Å². The van der Waals surface area contributed by atoms with Crippen LogP contribution in [0.2, 0.25) is 0 Å². The summed E-state index contributed by atoms with van der Waals surface area (Å²) in [6, 6.07) is 11.6. The first-order valence-electron chi connectivity index (χ1n) is 8.32. The van der Waals surface area contributed by atoms with E-state index in [2.05, 4.69) is 15.3 Å². The minimum Gasteiger partial charge on any atom is -0.480 e. The Kier molecular flexibility index (Phi) is 6.90. The van der Waals surface area contributed by atoms with Gasteiger partial charge in [-0.2, -0.15) is 0 Å². The van der Waals surface area contributed by atoms with E-state index in [1.807, 2.05) is 30.5 Å². The zero-order chi connectivity index (χ0) is 19.8. The summed E-state index contributed by atoms with van der Waals surface area (Å²) < 4.78 is 0. The number of carboxylic acids is 2. The van der Waals surface area contributed by atoms with Crippen LogP contribution in [0.15, 0.2) is 54.9 Å². The Labute approximate surface area is 156 Å². The molecule has 0 amide bonds. The Hall–Kier alpha value is -3.39. The fourth-order valence-electron chi connectivity index (χ4n) is 2.36. The van der Waals surface area contributed by atoms with Crippen molar-refractivity contribution in [3.05, 3.63) is 60.4 Å². The first-order valence-corrected chi connectivity index (χ1v) is 8.32. The van der Waals surface area contributed by atoms with E-state index in [1.54, 1.807) is 31.3 Å². The molecule has 1 aromatic carbocycles. The van der Waals surface area contributed by atoms with Crippen molar-refractivity contribution >= 4 is 28.7 Å². The number of benzene rings is 1. The van der Waals surface area contributed by atoms with Crippen LogP contribution >= 0.6 is 0 Å². The molecule has 0 aliphatic heterocycles. The third-order valence-corrected chi connectivity index (χ3v) is 3.83. The van der Waals surface area contributed by atoms with Crippen molar-refractivity contribution in [3.8, 4) is 0 Å². The molecule has 3 aromatic rings. The number of rotatable bonds is 6. The van der Waals surface area contributed by atoms with Crippen molar-refractivity contribution in [1.82, 2.24) is 9.97 Å². The molecule has 142 valence electrons. The number of fused-ring (bicyclic) bond motifs is 1. The number of carbonyl (C=O) groups is 2. The molecule has 2 heterocycles. The molecule has 8 heteroatoms. The van der Waals surface area contributed by atoms with E-state index in [0.29, 0.717) is 12.2 Å². The lowest BCUT2D eigenvalue weighted by Crippen LogP contribution is -2.32. The lowest BCUT2D eigenvalue weighted by molar-refractivity contribution is -0.139. The van der Waals surface area contributed by atoms with Gasteiger partial charge in [0, 0.05) is 29.7 Å². The van der Waals surface area contributed by atoms with Crippen molar-refractivity contribution in [2.75, 3.05) is 5.32 Å². The van der Waals surface area contributed by atoms with Gasteiger partial charge in [-0.25, -0.2) is 4.98 Å². The summed E-state index contributed by atoms with van der Waals surface area (Å²) in [5.41, 5.74) is 7.43. The number of carboxylic acid groups (broad SMARTS) is 2. The summed E-state index contributed by atoms with van der Waals surface area (Å²) in [7, 11) is 0. The molecule has 3 rings (SSSR count). The number of aliphatic carboxylic acids is 2. The van der Waals surface area contributed by atoms with Crippen molar-refractivity contribution in [2.45, 2.75) is 25.4 Å². The maximum absolute atomic E-state index is 10.6. The number of nitrogens with one attached hydrogen (secondary N) is 2. The Balaban J connectivity index is 0.000000199. The zero-order valence-corrected chi connectivity index (χ0v) is 14.8. The molecule has 6 N–H and O–H groups in total. The monoisotopic (exact) mass is 370 g/mol. The molecule has 0 aliphatic rings. The maximum Gasteiger partial charge on any atom is 0.325 e. The minimum atomic E-state index is -0.972. The second kappa shape index (κ2) is 9.35. The van der Waals surface area contributed by atoms with E-state index in [4.69, 9.17) is 15.9 Å². The highest BCUT2D eigenvalue weighted by Crippen LogP contribution is 2.18. The van der Waals surface area contributed by atoms with Gasteiger partial charge in [0.2, 0.25) is 0 Å². The van der Waals surface area contributed by atoms with Gasteiger partial charge in [-0.1, -0.05) is 24.3 Å². The fourth-order valence-corrected chi connectivity index (χ4v) is 2.36. The smallest absolute Gasteiger partial charge is 0.325 e. The molecular weight excluding hydrogens is 348 g/mol. The highest BCUT2D eigenvalue weighted by atomic mass is 16.4. The fraction of sp³-hybridized carbons (Fsp3) is 0.211. The number of hydrogen-bond acceptors (Lipinski definition) is 5. The molecule has 2 aromatic heterocycles. The van der Waals surface area contributed by atoms with Gasteiger partial charge in [0.15, 0.2) is 0 Å². The van der Waals surface area contributed by atoms with Crippen molar-refractivity contribution < 1.29 is 19.8 Å². The standard InChI is InChI=1S/C11H12N2O2.C8H10N2O2/c12-9(11(14)15)5-7-6-13-10-4-2-1-3-8(7)10;1-6(8(11)12)10-7-4-2-3-5-9-7/h1-4,6,9,13H,5,12H2,(H,14,15);2-6H,1H3,(H,9,10)(H,11,12). The number of aromatic amines is 1. The Morgan fingerprint density at radius 1 is 1.15 bits per heavy atom. The van der Waals surface area contributed by atoms with Gasteiger partial charge in [0.25, 0.3) is 0 Å². The summed E-state index contributed by atoms with van der Waals surface area (Å²) in [5.74, 6) is -1.28. The average molecular weight is 370 g/mol. The lowest BCUT2D eigenvalue weighted by atomic mass is 10.1. The molecule has 8 nitrogen and oxygen atoms in total. The van der Waals surface area contributed by atoms with Gasteiger partial charge in [-0.05, 0) is 30.7 Å². The predicted molar refractivity (Wildman–Crippen MR) is 103 cm³/mol. The number of hydrogen-bond donors (Lipinski definition) is 5. The average Bonchev–Trinajstić information content (AvgIpc) is 3.06. The zero-order valence-electron chi connectivity index (χ0n) is 14.8. The molecule has 0 spiro atoms. The number of anilines is 1. The minimum absolute atomic E-state index is 0.347. The third-order valence-electron chi connectivity index (χ3n) is 3.83. The van der Waals surface area contributed by atoms with E-state index in [-0.39, 0.29) is 0 Å². The molecular formula is C19H22N4O4. The second-order valence-corrected chi connectivity index (χ2v) is 5.93. The quantitative estimate of drug-likeness (QED) is 0.447. The molecule has 2 unspecified atom stereocenters. The highest BCUT2D eigenvalue weighted by molar-refractivity contribution is 5.84. The van der Waals surface area contributed by atoms with E-state index in [0.717, 1.165) is 16.5 Å². The second-order valence-electron chi connectivity index (χ2n) is 5.93. The largest absolute Gasteiger partial charge is 0.480 e. The van der Waals surface area contributed by atoms with E-state index in [1.165, 1.54) is 0 Å². The molecule has 0 radical (unpaired) electrons. The van der Waals surface area contributed by atoms with Crippen LogP contribution in [0.25, 0.3) is 10.9 Å². The molecule has 0 aliphatic carbocycles. The summed E-state index contributed by atoms with van der Waals surface area (Å²) in [6.07, 6.45) is 3.77. The van der Waals surface area contributed by atoms with Crippen LogP contribution in [0, 0.1) is 0 Å². The predicted octanol–water partition coefficient (Wildman–Crippen LogP) is 2.09. The first kappa shape index (κ1) is 19.9. The number of para-hydroxylation sites is 1. The Bertz CT molecular complexity index is 895. The van der Waals surface area contributed by atoms with Crippen LogP contribution in [-0.4, -0.2) is 44.2 Å². The summed E-state index contributed by atoms with van der Waals surface area (Å²) in [5, 5.41) is 21.0. The highest BCUT2D eigenvalue weighted by Gasteiger charge is 2.14. The number of nitrogens with zero attached hydrogens (tertiary/aromatic N) is 1. The van der Waals surface area contributed by atoms with Gasteiger partial charge in [0.1, 0.15) is 17.9 Å². The van der Waals surface area contributed by atoms with Crippen LogP contribution in [0.4, 0.5) is 5.82 Å². The van der Waals surface area contributed by atoms with Crippen LogP contribution in [0.1, 0.15) is 12.5 Å².